The van der Waals surface area contributed by atoms with Gasteiger partial charge in [-0.25, -0.2) is 0 Å². The zero-order valence-corrected chi connectivity index (χ0v) is 12.7. The number of rotatable bonds is 4. The SMILES string of the molecule is CN(Cc1cccc(Br)c1)C1CCCCC1CN. The van der Waals surface area contributed by atoms with E-state index in [1.54, 1.807) is 0 Å². The normalized spacial score (nSPS) is 24.4. The zero-order valence-electron chi connectivity index (χ0n) is 11.1. The topological polar surface area (TPSA) is 29.3 Å². The summed E-state index contributed by atoms with van der Waals surface area (Å²) in [5.74, 6) is 0.677. The van der Waals surface area contributed by atoms with Crippen LogP contribution in [0.15, 0.2) is 28.7 Å². The molecule has 3 heteroatoms. The maximum atomic E-state index is 5.91. The molecular weight excluding hydrogens is 288 g/mol. The molecule has 0 amide bonds. The summed E-state index contributed by atoms with van der Waals surface area (Å²) in [6.45, 7) is 1.84. The fourth-order valence-electron chi connectivity index (χ4n) is 3.08. The molecule has 1 fully saturated rings. The number of benzene rings is 1. The first-order valence-electron chi connectivity index (χ1n) is 6.85. The maximum Gasteiger partial charge on any atom is 0.0234 e. The lowest BCUT2D eigenvalue weighted by molar-refractivity contribution is 0.127. The van der Waals surface area contributed by atoms with Gasteiger partial charge in [-0.1, -0.05) is 40.9 Å². The van der Waals surface area contributed by atoms with E-state index in [2.05, 4.69) is 52.1 Å². The first-order chi connectivity index (χ1) is 8.70. The van der Waals surface area contributed by atoms with Crippen molar-refractivity contribution in [2.24, 2.45) is 11.7 Å². The molecule has 0 bridgehead atoms. The average Bonchev–Trinajstić information content (AvgIpc) is 2.38. The first-order valence-corrected chi connectivity index (χ1v) is 7.64. The van der Waals surface area contributed by atoms with Gasteiger partial charge in [0.05, 0.1) is 0 Å². The molecule has 1 aromatic rings. The molecule has 1 aliphatic carbocycles. The van der Waals surface area contributed by atoms with E-state index in [1.165, 1.54) is 31.2 Å². The van der Waals surface area contributed by atoms with Crippen molar-refractivity contribution in [2.75, 3.05) is 13.6 Å². The monoisotopic (exact) mass is 310 g/mol. The molecule has 2 nitrogen and oxygen atoms in total. The van der Waals surface area contributed by atoms with Crippen LogP contribution in [-0.2, 0) is 6.54 Å². The maximum absolute atomic E-state index is 5.91. The lowest BCUT2D eigenvalue weighted by Gasteiger charge is -2.37. The van der Waals surface area contributed by atoms with Crippen LogP contribution in [0.4, 0.5) is 0 Å². The van der Waals surface area contributed by atoms with Crippen molar-refractivity contribution < 1.29 is 0 Å². The summed E-state index contributed by atoms with van der Waals surface area (Å²) in [7, 11) is 2.24. The van der Waals surface area contributed by atoms with Crippen molar-refractivity contribution in [3.05, 3.63) is 34.3 Å². The van der Waals surface area contributed by atoms with Gasteiger partial charge in [0.25, 0.3) is 0 Å². The predicted octanol–water partition coefficient (Wildman–Crippen LogP) is 3.40. The van der Waals surface area contributed by atoms with Gasteiger partial charge in [0.2, 0.25) is 0 Å². The molecule has 2 unspecified atom stereocenters. The van der Waals surface area contributed by atoms with Crippen LogP contribution in [0.2, 0.25) is 0 Å². The number of halogens is 1. The second-order valence-corrected chi connectivity index (χ2v) is 6.31. The minimum absolute atomic E-state index is 0.655. The molecule has 0 heterocycles. The third-order valence-corrected chi connectivity index (χ3v) is 4.55. The summed E-state index contributed by atoms with van der Waals surface area (Å²) in [5.41, 5.74) is 7.28. The molecule has 100 valence electrons. The Kier molecular flexibility index (Phi) is 5.22. The third-order valence-electron chi connectivity index (χ3n) is 4.06. The third kappa shape index (κ3) is 3.56. The standard InChI is InChI=1S/C15H23BrN2/c1-18(11-12-5-4-7-14(16)9-12)15-8-3-2-6-13(15)10-17/h4-5,7,9,13,15H,2-3,6,8,10-11,17H2,1H3. The van der Waals surface area contributed by atoms with Gasteiger partial charge in [-0.05, 0) is 50.0 Å². The van der Waals surface area contributed by atoms with Gasteiger partial charge in [-0.15, -0.1) is 0 Å². The molecule has 0 spiro atoms. The van der Waals surface area contributed by atoms with Gasteiger partial charge in [-0.2, -0.15) is 0 Å². The molecule has 0 aliphatic heterocycles. The van der Waals surface area contributed by atoms with Gasteiger partial charge < -0.3 is 5.73 Å². The second kappa shape index (κ2) is 6.69. The fraction of sp³-hybridized carbons (Fsp3) is 0.600. The Morgan fingerprint density at radius 2 is 2.11 bits per heavy atom. The van der Waals surface area contributed by atoms with Gasteiger partial charge in [0.15, 0.2) is 0 Å². The zero-order chi connectivity index (χ0) is 13.0. The smallest absolute Gasteiger partial charge is 0.0234 e. The van der Waals surface area contributed by atoms with Gasteiger partial charge >= 0.3 is 0 Å². The summed E-state index contributed by atoms with van der Waals surface area (Å²) in [5, 5.41) is 0. The van der Waals surface area contributed by atoms with Crippen LogP contribution < -0.4 is 5.73 Å². The highest BCUT2D eigenvalue weighted by Gasteiger charge is 2.27. The molecule has 18 heavy (non-hydrogen) atoms. The Hall–Kier alpha value is -0.380. The number of nitrogens with zero attached hydrogens (tertiary/aromatic N) is 1. The van der Waals surface area contributed by atoms with Crippen molar-refractivity contribution >= 4 is 15.9 Å². The van der Waals surface area contributed by atoms with E-state index < -0.39 is 0 Å². The molecule has 1 aliphatic rings. The first kappa shape index (κ1) is 14.0. The van der Waals surface area contributed by atoms with Crippen LogP contribution in [0.3, 0.4) is 0 Å². The lowest BCUT2D eigenvalue weighted by atomic mass is 9.83. The van der Waals surface area contributed by atoms with Crippen LogP contribution >= 0.6 is 15.9 Å². The predicted molar refractivity (Wildman–Crippen MR) is 80.4 cm³/mol. The van der Waals surface area contributed by atoms with Gasteiger partial charge in [-0.3, -0.25) is 4.90 Å². The van der Waals surface area contributed by atoms with E-state index in [-0.39, 0.29) is 0 Å². The van der Waals surface area contributed by atoms with Crippen molar-refractivity contribution in [1.29, 1.82) is 0 Å². The van der Waals surface area contributed by atoms with Crippen molar-refractivity contribution in [1.82, 2.24) is 4.90 Å². The summed E-state index contributed by atoms with van der Waals surface area (Å²) in [6, 6.07) is 9.24. The highest BCUT2D eigenvalue weighted by Crippen LogP contribution is 2.28. The van der Waals surface area contributed by atoms with E-state index in [9.17, 15) is 0 Å². The Balaban J connectivity index is 1.99. The summed E-state index contributed by atoms with van der Waals surface area (Å²) in [4.78, 5) is 2.48. The Labute approximate surface area is 119 Å². The van der Waals surface area contributed by atoms with Crippen molar-refractivity contribution in [2.45, 2.75) is 38.3 Å². The lowest BCUT2D eigenvalue weighted by Crippen LogP contribution is -2.42. The van der Waals surface area contributed by atoms with Crippen LogP contribution in [0.1, 0.15) is 31.2 Å². The van der Waals surface area contributed by atoms with Gasteiger partial charge in [0.1, 0.15) is 0 Å². The highest BCUT2D eigenvalue weighted by atomic mass is 79.9. The Morgan fingerprint density at radius 1 is 1.33 bits per heavy atom. The van der Waals surface area contributed by atoms with E-state index in [0.29, 0.717) is 12.0 Å². The van der Waals surface area contributed by atoms with Crippen molar-refractivity contribution in [3.63, 3.8) is 0 Å². The number of hydrogen-bond donors (Lipinski definition) is 1. The quantitative estimate of drug-likeness (QED) is 0.923. The molecule has 1 aromatic carbocycles. The molecule has 0 radical (unpaired) electrons. The minimum Gasteiger partial charge on any atom is -0.330 e. The Bertz CT molecular complexity index is 381. The van der Waals surface area contributed by atoms with E-state index in [4.69, 9.17) is 5.73 Å². The van der Waals surface area contributed by atoms with E-state index >= 15 is 0 Å². The fourth-order valence-corrected chi connectivity index (χ4v) is 3.53. The molecule has 0 saturated heterocycles. The molecule has 2 rings (SSSR count). The molecule has 0 aromatic heterocycles. The van der Waals surface area contributed by atoms with Crippen LogP contribution in [-0.4, -0.2) is 24.5 Å². The van der Waals surface area contributed by atoms with E-state index in [1.807, 2.05) is 0 Å². The summed E-state index contributed by atoms with van der Waals surface area (Å²) < 4.78 is 1.16. The summed E-state index contributed by atoms with van der Waals surface area (Å²) >= 11 is 3.54. The average molecular weight is 311 g/mol. The number of nitrogens with two attached hydrogens (primary N) is 1. The minimum atomic E-state index is 0.655. The molecule has 2 atom stereocenters. The van der Waals surface area contributed by atoms with E-state index in [0.717, 1.165) is 17.6 Å². The molecule has 2 N–H and O–H groups in total. The van der Waals surface area contributed by atoms with Crippen molar-refractivity contribution in [3.8, 4) is 0 Å². The van der Waals surface area contributed by atoms with Crippen LogP contribution in [0.25, 0.3) is 0 Å². The van der Waals surface area contributed by atoms with Crippen LogP contribution in [0, 0.1) is 5.92 Å². The van der Waals surface area contributed by atoms with Crippen LogP contribution in [0.5, 0.6) is 0 Å². The highest BCUT2D eigenvalue weighted by molar-refractivity contribution is 9.10. The largest absolute Gasteiger partial charge is 0.330 e. The molecular formula is C15H23BrN2. The second-order valence-electron chi connectivity index (χ2n) is 5.39. The van der Waals surface area contributed by atoms with Gasteiger partial charge in [0, 0.05) is 17.1 Å². The summed E-state index contributed by atoms with van der Waals surface area (Å²) in [6.07, 6.45) is 5.30. The molecule has 1 saturated carbocycles. The number of hydrogen-bond acceptors (Lipinski definition) is 2. The Morgan fingerprint density at radius 3 is 2.83 bits per heavy atom.